The SMILES string of the molecule is Cc1cccc(CN(CCN2CCOCC2)C(=O)C(C)C)c1. The zero-order chi connectivity index (χ0) is 15.9. The maximum absolute atomic E-state index is 12.5. The maximum Gasteiger partial charge on any atom is 0.225 e. The lowest BCUT2D eigenvalue weighted by atomic mass is 10.1. The van der Waals surface area contributed by atoms with Crippen LogP contribution >= 0.6 is 0 Å². The van der Waals surface area contributed by atoms with Crippen LogP contribution in [0, 0.1) is 12.8 Å². The van der Waals surface area contributed by atoms with Gasteiger partial charge >= 0.3 is 0 Å². The van der Waals surface area contributed by atoms with Gasteiger partial charge in [-0.1, -0.05) is 43.7 Å². The van der Waals surface area contributed by atoms with Gasteiger partial charge in [0.05, 0.1) is 13.2 Å². The predicted molar refractivity (Wildman–Crippen MR) is 88.7 cm³/mol. The monoisotopic (exact) mass is 304 g/mol. The van der Waals surface area contributed by atoms with E-state index >= 15 is 0 Å². The molecule has 0 atom stereocenters. The van der Waals surface area contributed by atoms with E-state index in [4.69, 9.17) is 4.74 Å². The fourth-order valence-electron chi connectivity index (χ4n) is 2.75. The summed E-state index contributed by atoms with van der Waals surface area (Å²) >= 11 is 0. The number of morpholine rings is 1. The van der Waals surface area contributed by atoms with Gasteiger partial charge in [0.1, 0.15) is 0 Å². The highest BCUT2D eigenvalue weighted by Gasteiger charge is 2.19. The Morgan fingerprint density at radius 1 is 1.32 bits per heavy atom. The van der Waals surface area contributed by atoms with Crippen molar-refractivity contribution < 1.29 is 9.53 Å². The van der Waals surface area contributed by atoms with Gasteiger partial charge in [-0.3, -0.25) is 9.69 Å². The van der Waals surface area contributed by atoms with E-state index < -0.39 is 0 Å². The summed E-state index contributed by atoms with van der Waals surface area (Å²) in [6.45, 7) is 12.0. The van der Waals surface area contributed by atoms with Crippen molar-refractivity contribution in [3.05, 3.63) is 35.4 Å². The zero-order valence-electron chi connectivity index (χ0n) is 14.0. The molecule has 0 bridgehead atoms. The number of aryl methyl sites for hydroxylation is 1. The number of hydrogen-bond donors (Lipinski definition) is 0. The predicted octanol–water partition coefficient (Wildman–Crippen LogP) is 2.31. The van der Waals surface area contributed by atoms with Crippen LogP contribution in [0.1, 0.15) is 25.0 Å². The Kier molecular flexibility index (Phi) is 6.40. The topological polar surface area (TPSA) is 32.8 Å². The highest BCUT2D eigenvalue weighted by Crippen LogP contribution is 2.11. The van der Waals surface area contributed by atoms with Gasteiger partial charge in [-0.2, -0.15) is 0 Å². The van der Waals surface area contributed by atoms with Gasteiger partial charge in [-0.25, -0.2) is 0 Å². The van der Waals surface area contributed by atoms with E-state index in [1.54, 1.807) is 0 Å². The zero-order valence-corrected chi connectivity index (χ0v) is 14.0. The van der Waals surface area contributed by atoms with Crippen LogP contribution in [-0.4, -0.2) is 55.1 Å². The quantitative estimate of drug-likeness (QED) is 0.808. The van der Waals surface area contributed by atoms with E-state index in [2.05, 4.69) is 36.1 Å². The molecule has 0 aliphatic carbocycles. The number of carbonyl (C=O) groups is 1. The third kappa shape index (κ3) is 5.11. The van der Waals surface area contributed by atoms with Crippen molar-refractivity contribution in [1.82, 2.24) is 9.80 Å². The molecular weight excluding hydrogens is 276 g/mol. The molecule has 0 spiro atoms. The van der Waals surface area contributed by atoms with Crippen LogP contribution in [0.15, 0.2) is 24.3 Å². The average Bonchev–Trinajstić information content (AvgIpc) is 2.51. The molecule has 0 radical (unpaired) electrons. The Balaban J connectivity index is 1.97. The third-order valence-corrected chi connectivity index (χ3v) is 4.05. The average molecular weight is 304 g/mol. The van der Waals surface area contributed by atoms with Crippen LogP contribution in [0.25, 0.3) is 0 Å². The molecule has 0 saturated carbocycles. The van der Waals surface area contributed by atoms with E-state index in [0.717, 1.165) is 39.4 Å². The Bertz CT molecular complexity index is 482. The molecule has 4 nitrogen and oxygen atoms in total. The van der Waals surface area contributed by atoms with Crippen LogP contribution in [0.5, 0.6) is 0 Å². The largest absolute Gasteiger partial charge is 0.379 e. The van der Waals surface area contributed by atoms with E-state index in [-0.39, 0.29) is 11.8 Å². The van der Waals surface area contributed by atoms with Gasteiger partial charge in [-0.05, 0) is 12.5 Å². The van der Waals surface area contributed by atoms with Crippen molar-refractivity contribution in [3.8, 4) is 0 Å². The first-order valence-corrected chi connectivity index (χ1v) is 8.20. The summed E-state index contributed by atoms with van der Waals surface area (Å²) in [7, 11) is 0. The summed E-state index contributed by atoms with van der Waals surface area (Å²) in [6.07, 6.45) is 0. The second-order valence-corrected chi connectivity index (χ2v) is 6.36. The van der Waals surface area contributed by atoms with Gasteiger partial charge in [0.15, 0.2) is 0 Å². The highest BCUT2D eigenvalue weighted by atomic mass is 16.5. The van der Waals surface area contributed by atoms with Crippen LogP contribution in [0.4, 0.5) is 0 Å². The number of rotatable bonds is 6. The van der Waals surface area contributed by atoms with E-state index in [1.807, 2.05) is 18.7 Å². The lowest BCUT2D eigenvalue weighted by molar-refractivity contribution is -0.135. The van der Waals surface area contributed by atoms with Crippen molar-refractivity contribution in [2.75, 3.05) is 39.4 Å². The van der Waals surface area contributed by atoms with Gasteiger partial charge < -0.3 is 9.64 Å². The maximum atomic E-state index is 12.5. The molecule has 1 fully saturated rings. The molecular formula is C18H28N2O2. The first kappa shape index (κ1) is 17.0. The minimum atomic E-state index is 0.0366. The summed E-state index contributed by atoms with van der Waals surface area (Å²) < 4.78 is 5.38. The van der Waals surface area contributed by atoms with Crippen molar-refractivity contribution in [1.29, 1.82) is 0 Å². The van der Waals surface area contributed by atoms with Gasteiger partial charge in [-0.15, -0.1) is 0 Å². The smallest absolute Gasteiger partial charge is 0.225 e. The molecule has 0 unspecified atom stereocenters. The minimum Gasteiger partial charge on any atom is -0.379 e. The van der Waals surface area contributed by atoms with Crippen LogP contribution in [0.2, 0.25) is 0 Å². The molecule has 1 aliphatic heterocycles. The number of benzene rings is 1. The molecule has 1 aromatic carbocycles. The molecule has 1 aromatic rings. The summed E-state index contributed by atoms with van der Waals surface area (Å²) in [6, 6.07) is 8.41. The van der Waals surface area contributed by atoms with Crippen molar-refractivity contribution in [2.24, 2.45) is 5.92 Å². The molecule has 0 aromatic heterocycles. The van der Waals surface area contributed by atoms with Crippen molar-refractivity contribution in [3.63, 3.8) is 0 Å². The van der Waals surface area contributed by atoms with Gasteiger partial charge in [0.2, 0.25) is 5.91 Å². The second kappa shape index (κ2) is 8.30. The van der Waals surface area contributed by atoms with Crippen LogP contribution in [0.3, 0.4) is 0 Å². The standard InChI is InChI=1S/C18H28N2O2/c1-15(2)18(21)20(8-7-19-9-11-22-12-10-19)14-17-6-4-5-16(3)13-17/h4-6,13,15H,7-12,14H2,1-3H3. The molecule has 1 amide bonds. The van der Waals surface area contributed by atoms with Crippen molar-refractivity contribution >= 4 is 5.91 Å². The Hall–Kier alpha value is -1.39. The van der Waals surface area contributed by atoms with Crippen LogP contribution < -0.4 is 0 Å². The van der Waals surface area contributed by atoms with Gasteiger partial charge in [0.25, 0.3) is 0 Å². The summed E-state index contributed by atoms with van der Waals surface area (Å²) in [5, 5.41) is 0. The number of nitrogens with zero attached hydrogens (tertiary/aromatic N) is 2. The molecule has 122 valence electrons. The molecule has 22 heavy (non-hydrogen) atoms. The summed E-state index contributed by atoms with van der Waals surface area (Å²) in [5.41, 5.74) is 2.44. The lowest BCUT2D eigenvalue weighted by Gasteiger charge is -2.31. The molecule has 1 aliphatic rings. The van der Waals surface area contributed by atoms with E-state index in [0.29, 0.717) is 6.54 Å². The first-order chi connectivity index (χ1) is 10.6. The van der Waals surface area contributed by atoms with E-state index in [9.17, 15) is 4.79 Å². The fraction of sp³-hybridized carbons (Fsp3) is 0.611. The molecule has 2 rings (SSSR count). The summed E-state index contributed by atoms with van der Waals surface area (Å²) in [4.78, 5) is 16.9. The number of amides is 1. The lowest BCUT2D eigenvalue weighted by Crippen LogP contribution is -2.43. The minimum absolute atomic E-state index is 0.0366. The molecule has 1 heterocycles. The Morgan fingerprint density at radius 2 is 2.05 bits per heavy atom. The third-order valence-electron chi connectivity index (χ3n) is 4.05. The Labute approximate surface area is 134 Å². The summed E-state index contributed by atoms with van der Waals surface area (Å²) in [5.74, 6) is 0.268. The normalized spacial score (nSPS) is 16.0. The van der Waals surface area contributed by atoms with Crippen molar-refractivity contribution in [2.45, 2.75) is 27.3 Å². The molecule has 4 heteroatoms. The van der Waals surface area contributed by atoms with Crippen LogP contribution in [-0.2, 0) is 16.1 Å². The number of ether oxygens (including phenoxy) is 1. The molecule has 1 saturated heterocycles. The molecule has 0 N–H and O–H groups in total. The highest BCUT2D eigenvalue weighted by molar-refractivity contribution is 5.78. The fourth-order valence-corrected chi connectivity index (χ4v) is 2.75. The number of carbonyl (C=O) groups excluding carboxylic acids is 1. The first-order valence-electron chi connectivity index (χ1n) is 8.20. The Morgan fingerprint density at radius 3 is 2.68 bits per heavy atom. The second-order valence-electron chi connectivity index (χ2n) is 6.36. The van der Waals surface area contributed by atoms with E-state index in [1.165, 1.54) is 11.1 Å². The number of hydrogen-bond acceptors (Lipinski definition) is 3. The van der Waals surface area contributed by atoms with Gasteiger partial charge in [0, 0.05) is 38.6 Å².